The van der Waals surface area contributed by atoms with Crippen LogP contribution in [0.15, 0.2) is 36.4 Å². The van der Waals surface area contributed by atoms with Crippen LogP contribution in [0.2, 0.25) is 0 Å². The van der Waals surface area contributed by atoms with E-state index in [1.54, 1.807) is 0 Å². The first-order valence-corrected chi connectivity index (χ1v) is 8.14. The second kappa shape index (κ2) is 6.11. The van der Waals surface area contributed by atoms with Crippen molar-refractivity contribution in [1.29, 1.82) is 0 Å². The number of nitrogens with zero attached hydrogens (tertiary/aromatic N) is 1. The molecule has 0 radical (unpaired) electrons. The van der Waals surface area contributed by atoms with E-state index in [4.69, 9.17) is 0 Å². The number of amides is 2. The van der Waals surface area contributed by atoms with Gasteiger partial charge in [0.1, 0.15) is 6.04 Å². The fraction of sp³-hybridized carbons (Fsp3) is 0.300. The Morgan fingerprint density at radius 1 is 0.917 bits per heavy atom. The van der Waals surface area contributed by atoms with Crippen molar-refractivity contribution in [2.24, 2.45) is 0 Å². The number of rotatable bonds is 3. The van der Waals surface area contributed by atoms with E-state index in [2.05, 4.69) is 5.32 Å². The molecule has 0 aromatic heterocycles. The number of anilines is 2. The molecule has 1 fully saturated rings. The summed E-state index contributed by atoms with van der Waals surface area (Å²) in [6, 6.07) is 11.3. The molecule has 1 unspecified atom stereocenters. The highest BCUT2D eigenvalue weighted by Crippen LogP contribution is 2.27. The van der Waals surface area contributed by atoms with Gasteiger partial charge in [-0.25, -0.2) is 4.90 Å². The lowest BCUT2D eigenvalue weighted by atomic mass is 10.1. The number of carbonyl (C=O) groups excluding carboxylic acids is 2. The van der Waals surface area contributed by atoms with Crippen molar-refractivity contribution in [2.45, 2.75) is 40.2 Å². The molecule has 24 heavy (non-hydrogen) atoms. The predicted molar refractivity (Wildman–Crippen MR) is 96.4 cm³/mol. The summed E-state index contributed by atoms with van der Waals surface area (Å²) in [5.41, 5.74) is 5.82. The van der Waals surface area contributed by atoms with Crippen LogP contribution in [0.5, 0.6) is 0 Å². The summed E-state index contributed by atoms with van der Waals surface area (Å²) < 4.78 is 0. The van der Waals surface area contributed by atoms with Gasteiger partial charge in [0.15, 0.2) is 0 Å². The van der Waals surface area contributed by atoms with Gasteiger partial charge in [-0.2, -0.15) is 0 Å². The first kappa shape index (κ1) is 16.2. The topological polar surface area (TPSA) is 49.4 Å². The van der Waals surface area contributed by atoms with E-state index in [-0.39, 0.29) is 18.2 Å². The van der Waals surface area contributed by atoms with Gasteiger partial charge in [-0.15, -0.1) is 0 Å². The average molecular weight is 322 g/mol. The minimum absolute atomic E-state index is 0.159. The lowest BCUT2D eigenvalue weighted by Crippen LogP contribution is -2.35. The SMILES string of the molecule is Cc1cc(C)cc(N2C(=O)CC(Nc3cc(C)ccc3C)C2=O)c1. The molecule has 4 heteroatoms. The molecule has 0 saturated carbocycles. The number of nitrogens with one attached hydrogen (secondary N) is 1. The molecule has 1 saturated heterocycles. The summed E-state index contributed by atoms with van der Waals surface area (Å²) in [5.74, 6) is -0.348. The molecule has 0 spiro atoms. The van der Waals surface area contributed by atoms with E-state index in [1.165, 1.54) is 4.90 Å². The Labute approximate surface area is 142 Å². The van der Waals surface area contributed by atoms with Gasteiger partial charge >= 0.3 is 0 Å². The van der Waals surface area contributed by atoms with Gasteiger partial charge in [-0.3, -0.25) is 9.59 Å². The number of imide groups is 1. The molecule has 1 aliphatic rings. The molecule has 1 aliphatic heterocycles. The van der Waals surface area contributed by atoms with Crippen molar-refractivity contribution in [2.75, 3.05) is 10.2 Å². The molecular weight excluding hydrogens is 300 g/mol. The number of benzene rings is 2. The van der Waals surface area contributed by atoms with Crippen molar-refractivity contribution in [3.05, 3.63) is 58.7 Å². The van der Waals surface area contributed by atoms with Crippen LogP contribution in [0.4, 0.5) is 11.4 Å². The zero-order chi connectivity index (χ0) is 17.4. The molecule has 0 bridgehead atoms. The average Bonchev–Trinajstić information content (AvgIpc) is 2.76. The van der Waals surface area contributed by atoms with Gasteiger partial charge in [-0.05, 0) is 68.1 Å². The summed E-state index contributed by atoms with van der Waals surface area (Å²) in [6.07, 6.45) is 0.180. The largest absolute Gasteiger partial charge is 0.373 e. The highest BCUT2D eigenvalue weighted by molar-refractivity contribution is 6.23. The highest BCUT2D eigenvalue weighted by Gasteiger charge is 2.39. The second-order valence-corrected chi connectivity index (χ2v) is 6.63. The molecule has 124 valence electrons. The van der Waals surface area contributed by atoms with Crippen molar-refractivity contribution >= 4 is 23.2 Å². The van der Waals surface area contributed by atoms with E-state index in [0.717, 1.165) is 27.9 Å². The van der Waals surface area contributed by atoms with Crippen molar-refractivity contribution in [3.63, 3.8) is 0 Å². The molecule has 1 atom stereocenters. The number of aryl methyl sites for hydroxylation is 4. The molecule has 2 aromatic rings. The maximum atomic E-state index is 12.8. The van der Waals surface area contributed by atoms with Gasteiger partial charge in [0.25, 0.3) is 5.91 Å². The zero-order valence-electron chi connectivity index (χ0n) is 14.5. The quantitative estimate of drug-likeness (QED) is 0.877. The van der Waals surface area contributed by atoms with Crippen LogP contribution in [0.3, 0.4) is 0 Å². The van der Waals surface area contributed by atoms with Crippen LogP contribution in [0.25, 0.3) is 0 Å². The summed E-state index contributed by atoms with van der Waals surface area (Å²) in [7, 11) is 0. The minimum Gasteiger partial charge on any atom is -0.373 e. The van der Waals surface area contributed by atoms with Crippen molar-refractivity contribution in [1.82, 2.24) is 0 Å². The van der Waals surface area contributed by atoms with Gasteiger partial charge < -0.3 is 5.32 Å². The van der Waals surface area contributed by atoms with Gasteiger partial charge in [0.2, 0.25) is 5.91 Å². The Kier molecular flexibility index (Phi) is 4.14. The minimum atomic E-state index is -0.515. The summed E-state index contributed by atoms with van der Waals surface area (Å²) in [6.45, 7) is 7.93. The van der Waals surface area contributed by atoms with E-state index >= 15 is 0 Å². The summed E-state index contributed by atoms with van der Waals surface area (Å²) in [5, 5.41) is 3.25. The van der Waals surface area contributed by atoms with Crippen LogP contribution >= 0.6 is 0 Å². The Hall–Kier alpha value is -2.62. The zero-order valence-corrected chi connectivity index (χ0v) is 14.5. The van der Waals surface area contributed by atoms with E-state index < -0.39 is 6.04 Å². The Bertz CT molecular complexity index is 806. The Morgan fingerprint density at radius 2 is 1.58 bits per heavy atom. The van der Waals surface area contributed by atoms with Gasteiger partial charge in [0, 0.05) is 5.69 Å². The third-order valence-corrected chi connectivity index (χ3v) is 4.33. The van der Waals surface area contributed by atoms with Crippen molar-refractivity contribution < 1.29 is 9.59 Å². The van der Waals surface area contributed by atoms with Crippen LogP contribution < -0.4 is 10.2 Å². The van der Waals surface area contributed by atoms with Crippen molar-refractivity contribution in [3.8, 4) is 0 Å². The van der Waals surface area contributed by atoms with Gasteiger partial charge in [0.05, 0.1) is 12.1 Å². The maximum absolute atomic E-state index is 12.8. The number of carbonyl (C=O) groups is 2. The number of hydrogen-bond acceptors (Lipinski definition) is 3. The second-order valence-electron chi connectivity index (χ2n) is 6.63. The smallest absolute Gasteiger partial charge is 0.256 e. The molecule has 4 nitrogen and oxygen atoms in total. The number of hydrogen-bond donors (Lipinski definition) is 1. The highest BCUT2D eigenvalue weighted by atomic mass is 16.2. The molecular formula is C20H22N2O2. The lowest BCUT2D eigenvalue weighted by Gasteiger charge is -2.18. The molecule has 3 rings (SSSR count). The normalized spacial score (nSPS) is 17.5. The van der Waals surface area contributed by atoms with Crippen LogP contribution in [0, 0.1) is 27.7 Å². The first-order valence-electron chi connectivity index (χ1n) is 8.14. The fourth-order valence-electron chi connectivity index (χ4n) is 3.17. The van der Waals surface area contributed by atoms with Crippen LogP contribution in [-0.2, 0) is 9.59 Å². The van der Waals surface area contributed by atoms with E-state index in [9.17, 15) is 9.59 Å². The first-order chi connectivity index (χ1) is 11.3. The van der Waals surface area contributed by atoms with E-state index in [0.29, 0.717) is 5.69 Å². The molecule has 2 aromatic carbocycles. The molecule has 1 N–H and O–H groups in total. The standard InChI is InChI=1S/C20H22N2O2/c1-12-5-6-15(4)17(10-12)21-18-11-19(23)22(20(18)24)16-8-13(2)7-14(3)9-16/h5-10,18,21H,11H2,1-4H3. The molecule has 1 heterocycles. The van der Waals surface area contributed by atoms with E-state index in [1.807, 2.05) is 64.1 Å². The predicted octanol–water partition coefficient (Wildman–Crippen LogP) is 3.66. The maximum Gasteiger partial charge on any atom is 0.256 e. The lowest BCUT2D eigenvalue weighted by molar-refractivity contribution is -0.121. The monoisotopic (exact) mass is 322 g/mol. The van der Waals surface area contributed by atoms with Crippen LogP contribution in [-0.4, -0.2) is 17.9 Å². The van der Waals surface area contributed by atoms with Crippen LogP contribution in [0.1, 0.15) is 28.7 Å². The molecule has 0 aliphatic carbocycles. The fourth-order valence-corrected chi connectivity index (χ4v) is 3.17. The Morgan fingerprint density at radius 3 is 2.25 bits per heavy atom. The van der Waals surface area contributed by atoms with Gasteiger partial charge in [-0.1, -0.05) is 18.2 Å². The molecule has 2 amide bonds. The summed E-state index contributed by atoms with van der Waals surface area (Å²) in [4.78, 5) is 26.5. The Balaban J connectivity index is 1.87. The third-order valence-electron chi connectivity index (χ3n) is 4.33. The third kappa shape index (κ3) is 3.04. The summed E-state index contributed by atoms with van der Waals surface area (Å²) >= 11 is 0.